The van der Waals surface area contributed by atoms with E-state index in [9.17, 15) is 4.57 Å². The predicted molar refractivity (Wildman–Crippen MR) is 153 cm³/mol. The van der Waals surface area contributed by atoms with Gasteiger partial charge in [0.25, 0.3) is 0 Å². The van der Waals surface area contributed by atoms with Crippen molar-refractivity contribution >= 4 is 62.6 Å². The average molecular weight is 582 g/mol. The van der Waals surface area contributed by atoms with Crippen molar-refractivity contribution in [3.05, 3.63) is 58.5 Å². The normalized spacial score (nSPS) is 15.9. The number of methoxy groups -OCH3 is 1. The third kappa shape index (κ3) is 5.06. The van der Waals surface area contributed by atoms with Gasteiger partial charge < -0.3 is 19.9 Å². The first-order valence-electron chi connectivity index (χ1n) is 11.9. The molecule has 0 unspecified atom stereocenters. The zero-order valence-electron chi connectivity index (χ0n) is 21.4. The molecule has 2 N–H and O–H groups in total. The summed E-state index contributed by atoms with van der Waals surface area (Å²) in [6, 6.07) is 8.26. The van der Waals surface area contributed by atoms with Crippen molar-refractivity contribution in [3.8, 4) is 5.75 Å². The number of fused-ring (bicyclic) bond motifs is 2. The van der Waals surface area contributed by atoms with E-state index < -0.39 is 7.14 Å². The summed E-state index contributed by atoms with van der Waals surface area (Å²) in [6.07, 6.45) is 5.88. The number of nitrogens with zero attached hydrogens (tertiary/aromatic N) is 5. The van der Waals surface area contributed by atoms with Crippen molar-refractivity contribution < 1.29 is 9.30 Å². The summed E-state index contributed by atoms with van der Waals surface area (Å²) in [7, 11) is 1.09. The second kappa shape index (κ2) is 10.0. The van der Waals surface area contributed by atoms with E-state index >= 15 is 0 Å². The molecule has 0 spiro atoms. The number of anilines is 4. The van der Waals surface area contributed by atoms with Crippen molar-refractivity contribution in [2.45, 2.75) is 19.4 Å². The Morgan fingerprint density at radius 3 is 2.65 bits per heavy atom. The van der Waals surface area contributed by atoms with Crippen LogP contribution in [0.5, 0.6) is 5.75 Å². The lowest BCUT2D eigenvalue weighted by molar-refractivity contribution is 0.247. The molecule has 2 aromatic carbocycles. The molecule has 9 nitrogen and oxygen atoms in total. The predicted octanol–water partition coefficient (Wildman–Crippen LogP) is 5.48. The number of ether oxygens (including phenoxy) is 1. The van der Waals surface area contributed by atoms with Gasteiger partial charge in [0.1, 0.15) is 24.2 Å². The Hall–Kier alpha value is -3.07. The van der Waals surface area contributed by atoms with E-state index in [0.717, 1.165) is 24.4 Å². The molecular weight excluding hydrogens is 553 g/mol. The largest absolute Gasteiger partial charge is 0.495 e. The van der Waals surface area contributed by atoms with Crippen LogP contribution < -0.4 is 20.7 Å². The van der Waals surface area contributed by atoms with Gasteiger partial charge in [0.05, 0.1) is 33.8 Å². The molecule has 0 bridgehead atoms. The van der Waals surface area contributed by atoms with E-state index in [-0.39, 0.29) is 0 Å². The number of aromatic nitrogens is 4. The van der Waals surface area contributed by atoms with Gasteiger partial charge in [-0.1, -0.05) is 0 Å². The first-order chi connectivity index (χ1) is 17.7. The standard InChI is InChI=1S/C26H29BrN7O2P/c1-15-17-13-22(36-3)21(12-16(17)8-11-34(15)2)32-26-30-14-18(27)25(33-26)31-20-7-6-19-23(29-10-9-28-19)24(20)37(4,5)35/h6-7,9-10,12-15H,8,11H2,1-5H3,(H2,30,31,32,33)/t15-/m1/s1. The molecule has 0 amide bonds. The summed E-state index contributed by atoms with van der Waals surface area (Å²) in [4.78, 5) is 20.3. The van der Waals surface area contributed by atoms with Crippen molar-refractivity contribution in [2.75, 3.05) is 44.7 Å². The van der Waals surface area contributed by atoms with Crippen LogP contribution >= 0.6 is 23.1 Å². The Bertz CT molecular complexity index is 1540. The number of hydrogen-bond donors (Lipinski definition) is 2. The summed E-state index contributed by atoms with van der Waals surface area (Å²) in [5.74, 6) is 1.67. The van der Waals surface area contributed by atoms with Gasteiger partial charge in [-0.25, -0.2) is 4.98 Å². The van der Waals surface area contributed by atoms with Crippen molar-refractivity contribution in [3.63, 3.8) is 0 Å². The Morgan fingerprint density at radius 1 is 1.11 bits per heavy atom. The number of likely N-dealkylation sites (N-methyl/N-ethyl adjacent to an activating group) is 1. The molecule has 0 saturated heterocycles. The van der Waals surface area contributed by atoms with Gasteiger partial charge in [0, 0.05) is 31.2 Å². The minimum Gasteiger partial charge on any atom is -0.495 e. The van der Waals surface area contributed by atoms with Crippen LogP contribution in [0.25, 0.3) is 11.0 Å². The molecule has 4 aromatic rings. The monoisotopic (exact) mass is 581 g/mol. The number of hydrogen-bond acceptors (Lipinski definition) is 9. The highest BCUT2D eigenvalue weighted by molar-refractivity contribution is 9.10. The highest BCUT2D eigenvalue weighted by atomic mass is 79.9. The SMILES string of the molecule is COc1cc2c(cc1Nc1ncc(Br)c(Nc3ccc4nccnc4c3P(C)(C)=O)n1)CCN(C)[C@@H]2C. The van der Waals surface area contributed by atoms with Gasteiger partial charge >= 0.3 is 0 Å². The topological polar surface area (TPSA) is 105 Å². The average Bonchev–Trinajstić information content (AvgIpc) is 2.87. The molecule has 37 heavy (non-hydrogen) atoms. The molecule has 1 aliphatic rings. The smallest absolute Gasteiger partial charge is 0.229 e. The molecule has 192 valence electrons. The summed E-state index contributed by atoms with van der Waals surface area (Å²) in [6.45, 7) is 6.66. The van der Waals surface area contributed by atoms with Gasteiger partial charge in [0.15, 0.2) is 0 Å². The molecule has 2 aromatic heterocycles. The van der Waals surface area contributed by atoms with Crippen molar-refractivity contribution in [1.82, 2.24) is 24.8 Å². The van der Waals surface area contributed by atoms with Crippen LogP contribution in [0.15, 0.2) is 47.3 Å². The third-order valence-electron chi connectivity index (χ3n) is 6.70. The molecule has 3 heterocycles. The third-order valence-corrected chi connectivity index (χ3v) is 8.81. The molecule has 1 aliphatic heterocycles. The zero-order valence-corrected chi connectivity index (χ0v) is 23.9. The van der Waals surface area contributed by atoms with E-state index in [2.05, 4.69) is 72.5 Å². The Morgan fingerprint density at radius 2 is 1.89 bits per heavy atom. The van der Waals surface area contributed by atoms with Gasteiger partial charge in [0.2, 0.25) is 5.95 Å². The van der Waals surface area contributed by atoms with Gasteiger partial charge in [-0.15, -0.1) is 0 Å². The fraction of sp³-hybridized carbons (Fsp3) is 0.308. The minimum atomic E-state index is -2.71. The number of rotatable bonds is 6. The second-order valence-corrected chi connectivity index (χ2v) is 13.5. The molecule has 5 rings (SSSR count). The quantitative estimate of drug-likeness (QED) is 0.286. The summed E-state index contributed by atoms with van der Waals surface area (Å²) >= 11 is 3.55. The van der Waals surface area contributed by atoms with Crippen LogP contribution in [0, 0.1) is 0 Å². The van der Waals surface area contributed by atoms with E-state index in [1.165, 1.54) is 11.1 Å². The van der Waals surface area contributed by atoms with E-state index in [1.807, 2.05) is 12.1 Å². The number of benzene rings is 2. The van der Waals surface area contributed by atoms with Crippen molar-refractivity contribution in [1.29, 1.82) is 0 Å². The Balaban J connectivity index is 1.51. The number of nitrogens with one attached hydrogen (secondary N) is 2. The molecule has 11 heteroatoms. The lowest BCUT2D eigenvalue weighted by Gasteiger charge is -2.32. The van der Waals surface area contributed by atoms with Crippen LogP contribution in [0.4, 0.5) is 23.1 Å². The Kier molecular flexibility index (Phi) is 6.91. The van der Waals surface area contributed by atoms with Crippen LogP contribution in [-0.4, -0.2) is 58.9 Å². The molecule has 0 radical (unpaired) electrons. The van der Waals surface area contributed by atoms with Gasteiger partial charge in [-0.2, -0.15) is 4.98 Å². The zero-order chi connectivity index (χ0) is 26.3. The van der Waals surface area contributed by atoms with Crippen LogP contribution in [-0.2, 0) is 11.0 Å². The Labute approximate surface area is 224 Å². The maximum atomic E-state index is 13.3. The number of halogens is 1. The fourth-order valence-electron chi connectivity index (χ4n) is 4.67. The van der Waals surface area contributed by atoms with E-state index in [4.69, 9.17) is 9.72 Å². The molecule has 0 saturated carbocycles. The first-order valence-corrected chi connectivity index (χ1v) is 15.3. The highest BCUT2D eigenvalue weighted by Crippen LogP contribution is 2.41. The first kappa shape index (κ1) is 25.6. The van der Waals surface area contributed by atoms with Gasteiger partial charge in [-0.05, 0) is 85.0 Å². The van der Waals surface area contributed by atoms with Crippen molar-refractivity contribution in [2.24, 2.45) is 0 Å². The summed E-state index contributed by atoms with van der Waals surface area (Å²) < 4.78 is 19.7. The minimum absolute atomic E-state index is 0.320. The lowest BCUT2D eigenvalue weighted by atomic mass is 9.93. The van der Waals surface area contributed by atoms with Crippen LogP contribution in [0.2, 0.25) is 0 Å². The molecule has 0 fully saturated rings. The maximum absolute atomic E-state index is 13.3. The van der Waals surface area contributed by atoms with Gasteiger partial charge in [-0.3, -0.25) is 14.9 Å². The lowest BCUT2D eigenvalue weighted by Crippen LogP contribution is -2.30. The van der Waals surface area contributed by atoms with E-state index in [1.54, 1.807) is 39.0 Å². The molecule has 1 atom stereocenters. The van der Waals surface area contributed by atoms with E-state index in [0.29, 0.717) is 44.3 Å². The fourth-order valence-corrected chi connectivity index (χ4v) is 6.35. The molecule has 0 aliphatic carbocycles. The van der Waals surface area contributed by atoms with Crippen LogP contribution in [0.3, 0.4) is 0 Å². The molecular formula is C26H29BrN7O2P. The summed E-state index contributed by atoms with van der Waals surface area (Å²) in [5, 5.41) is 7.30. The maximum Gasteiger partial charge on any atom is 0.229 e. The highest BCUT2D eigenvalue weighted by Gasteiger charge is 2.24. The van der Waals surface area contributed by atoms with Crippen LogP contribution in [0.1, 0.15) is 24.1 Å². The second-order valence-electron chi connectivity index (χ2n) is 9.53. The summed E-state index contributed by atoms with van der Waals surface area (Å²) in [5.41, 5.74) is 5.33.